The summed E-state index contributed by atoms with van der Waals surface area (Å²) in [5.41, 5.74) is -1.71. The van der Waals surface area contributed by atoms with Crippen molar-refractivity contribution in [3.05, 3.63) is 50.6 Å². The van der Waals surface area contributed by atoms with Gasteiger partial charge in [-0.05, 0) is 0 Å². The summed E-state index contributed by atoms with van der Waals surface area (Å²) in [6.45, 7) is 0. The van der Waals surface area contributed by atoms with Crippen molar-refractivity contribution in [2.45, 2.75) is 6.04 Å². The normalized spacial score (nSPS) is 11.9. The van der Waals surface area contributed by atoms with Gasteiger partial charge in [-0.25, -0.2) is 9.59 Å². The van der Waals surface area contributed by atoms with Crippen molar-refractivity contribution in [1.29, 1.82) is 0 Å². The molecule has 0 bridgehead atoms. The first-order chi connectivity index (χ1) is 9.86. The van der Waals surface area contributed by atoms with E-state index in [2.05, 4.69) is 15.4 Å². The molecule has 2 heterocycles. The number of aliphatic carboxylic acids is 1. The van der Waals surface area contributed by atoms with Crippen LogP contribution < -0.4 is 16.6 Å². The standard InChI is InChI=1S/C11H11N5O5/c1-16-4-5(3-12-16)8(10(19)20)15-9(18)6-2-7(17)14-11(21)13-6/h2-4,8H,1H3,(H,15,18)(H,19,20)(H2,13,14,17,21). The Labute approximate surface area is 116 Å². The fourth-order valence-electron chi connectivity index (χ4n) is 1.68. The molecule has 0 fully saturated rings. The number of rotatable bonds is 4. The van der Waals surface area contributed by atoms with E-state index in [1.807, 2.05) is 4.98 Å². The smallest absolute Gasteiger partial charge is 0.331 e. The third kappa shape index (κ3) is 3.23. The van der Waals surface area contributed by atoms with Gasteiger partial charge in [0.2, 0.25) is 0 Å². The highest BCUT2D eigenvalue weighted by atomic mass is 16.4. The van der Waals surface area contributed by atoms with Gasteiger partial charge in [-0.2, -0.15) is 5.10 Å². The summed E-state index contributed by atoms with van der Waals surface area (Å²) >= 11 is 0. The van der Waals surface area contributed by atoms with E-state index in [9.17, 15) is 19.2 Å². The molecule has 2 aromatic rings. The Bertz CT molecular complexity index is 773. The van der Waals surface area contributed by atoms with Gasteiger partial charge in [0, 0.05) is 24.9 Å². The summed E-state index contributed by atoms with van der Waals surface area (Å²) in [5.74, 6) is -2.20. The molecule has 10 nitrogen and oxygen atoms in total. The molecule has 1 unspecified atom stereocenters. The summed E-state index contributed by atoms with van der Waals surface area (Å²) in [4.78, 5) is 49.4. The number of aryl methyl sites for hydroxylation is 1. The predicted molar refractivity (Wildman–Crippen MR) is 68.7 cm³/mol. The van der Waals surface area contributed by atoms with Crippen LogP contribution in [0.3, 0.4) is 0 Å². The predicted octanol–water partition coefficient (Wildman–Crippen LogP) is -1.65. The molecule has 21 heavy (non-hydrogen) atoms. The van der Waals surface area contributed by atoms with Crippen molar-refractivity contribution in [2.75, 3.05) is 0 Å². The maximum Gasteiger partial charge on any atom is 0.331 e. The number of carboxylic acid groups (broad SMARTS) is 1. The number of nitrogens with one attached hydrogen (secondary N) is 3. The second-order valence-corrected chi connectivity index (χ2v) is 4.19. The monoisotopic (exact) mass is 293 g/mol. The number of hydrogen-bond donors (Lipinski definition) is 4. The summed E-state index contributed by atoms with van der Waals surface area (Å²) in [6.07, 6.45) is 2.72. The molecule has 0 aliphatic heterocycles. The molecule has 110 valence electrons. The first-order valence-electron chi connectivity index (χ1n) is 5.72. The van der Waals surface area contributed by atoms with Crippen LogP contribution in [0.4, 0.5) is 0 Å². The molecule has 1 atom stereocenters. The Morgan fingerprint density at radius 2 is 2.10 bits per heavy atom. The van der Waals surface area contributed by atoms with E-state index >= 15 is 0 Å². The molecule has 0 radical (unpaired) electrons. The lowest BCUT2D eigenvalue weighted by atomic mass is 10.1. The lowest BCUT2D eigenvalue weighted by Gasteiger charge is -2.12. The fraction of sp³-hybridized carbons (Fsp3) is 0.182. The van der Waals surface area contributed by atoms with Gasteiger partial charge >= 0.3 is 11.7 Å². The van der Waals surface area contributed by atoms with Crippen molar-refractivity contribution in [3.63, 3.8) is 0 Å². The zero-order valence-electron chi connectivity index (χ0n) is 10.8. The molecular formula is C11H11N5O5. The molecule has 10 heteroatoms. The lowest BCUT2D eigenvalue weighted by molar-refractivity contribution is -0.139. The minimum absolute atomic E-state index is 0.255. The number of carbonyl (C=O) groups is 2. The van der Waals surface area contributed by atoms with E-state index in [1.165, 1.54) is 17.1 Å². The summed E-state index contributed by atoms with van der Waals surface area (Å²) in [5, 5.41) is 15.2. The number of aromatic amines is 2. The van der Waals surface area contributed by atoms with Crippen molar-refractivity contribution in [2.24, 2.45) is 7.05 Å². The Hall–Kier alpha value is -3.17. The zero-order valence-corrected chi connectivity index (χ0v) is 10.8. The van der Waals surface area contributed by atoms with Crippen molar-refractivity contribution < 1.29 is 14.7 Å². The molecule has 1 amide bonds. The Balaban J connectivity index is 2.29. The molecule has 4 N–H and O–H groups in total. The van der Waals surface area contributed by atoms with Crippen LogP contribution in [0.15, 0.2) is 28.0 Å². The molecule has 0 aliphatic carbocycles. The highest BCUT2D eigenvalue weighted by Crippen LogP contribution is 2.12. The Kier molecular flexibility index (Phi) is 3.69. The quantitative estimate of drug-likeness (QED) is 0.530. The van der Waals surface area contributed by atoms with Gasteiger partial charge in [0.25, 0.3) is 11.5 Å². The fourth-order valence-corrected chi connectivity index (χ4v) is 1.68. The molecule has 2 rings (SSSR count). The second kappa shape index (κ2) is 5.45. The second-order valence-electron chi connectivity index (χ2n) is 4.19. The van der Waals surface area contributed by atoms with Crippen LogP contribution in [0, 0.1) is 0 Å². The van der Waals surface area contributed by atoms with Crippen LogP contribution in [-0.4, -0.2) is 36.7 Å². The molecular weight excluding hydrogens is 282 g/mol. The largest absolute Gasteiger partial charge is 0.479 e. The Morgan fingerprint density at radius 1 is 1.38 bits per heavy atom. The van der Waals surface area contributed by atoms with Crippen LogP contribution in [0.25, 0.3) is 0 Å². The minimum atomic E-state index is -1.35. The average Bonchev–Trinajstić information content (AvgIpc) is 2.80. The maximum atomic E-state index is 11.9. The maximum absolute atomic E-state index is 11.9. The van der Waals surface area contributed by atoms with Gasteiger partial charge in [0.05, 0.1) is 6.20 Å². The summed E-state index contributed by atoms with van der Waals surface area (Å²) in [6, 6.07) is -0.493. The van der Waals surface area contributed by atoms with Gasteiger partial charge in [-0.1, -0.05) is 0 Å². The van der Waals surface area contributed by atoms with Crippen LogP contribution in [0.2, 0.25) is 0 Å². The minimum Gasteiger partial charge on any atom is -0.479 e. The van der Waals surface area contributed by atoms with E-state index in [0.717, 1.165) is 6.07 Å². The van der Waals surface area contributed by atoms with Crippen LogP contribution in [0.5, 0.6) is 0 Å². The van der Waals surface area contributed by atoms with Crippen molar-refractivity contribution >= 4 is 11.9 Å². The number of carboxylic acids is 1. The number of amides is 1. The number of nitrogens with zero attached hydrogens (tertiary/aromatic N) is 2. The van der Waals surface area contributed by atoms with E-state index in [-0.39, 0.29) is 11.3 Å². The first kappa shape index (κ1) is 14.2. The summed E-state index contributed by atoms with van der Waals surface area (Å²) in [7, 11) is 1.60. The van der Waals surface area contributed by atoms with Gasteiger partial charge in [-0.15, -0.1) is 0 Å². The third-order valence-corrected chi connectivity index (χ3v) is 2.59. The molecule has 0 saturated heterocycles. The van der Waals surface area contributed by atoms with Gasteiger partial charge in [-0.3, -0.25) is 19.3 Å². The SMILES string of the molecule is Cn1cc(C(NC(=O)c2cc(=O)[nH]c(=O)[nH]2)C(=O)O)cn1. The number of aromatic nitrogens is 4. The number of carbonyl (C=O) groups excluding carboxylic acids is 1. The van der Waals surface area contributed by atoms with E-state index in [0.29, 0.717) is 0 Å². The third-order valence-electron chi connectivity index (χ3n) is 2.59. The molecule has 2 aromatic heterocycles. The zero-order chi connectivity index (χ0) is 15.6. The summed E-state index contributed by atoms with van der Waals surface area (Å²) < 4.78 is 1.38. The molecule has 0 spiro atoms. The highest BCUT2D eigenvalue weighted by Gasteiger charge is 2.24. The van der Waals surface area contributed by atoms with Crippen molar-refractivity contribution in [1.82, 2.24) is 25.1 Å². The number of H-pyrrole nitrogens is 2. The molecule has 0 aliphatic rings. The van der Waals surface area contributed by atoms with Gasteiger partial charge < -0.3 is 15.4 Å². The Morgan fingerprint density at radius 3 is 2.62 bits per heavy atom. The first-order valence-corrected chi connectivity index (χ1v) is 5.72. The van der Waals surface area contributed by atoms with Crippen LogP contribution >= 0.6 is 0 Å². The van der Waals surface area contributed by atoms with Gasteiger partial charge in [0.1, 0.15) is 5.69 Å². The van der Waals surface area contributed by atoms with Crippen molar-refractivity contribution in [3.8, 4) is 0 Å². The molecule has 0 aromatic carbocycles. The van der Waals surface area contributed by atoms with Crippen LogP contribution in [-0.2, 0) is 11.8 Å². The average molecular weight is 293 g/mol. The van der Waals surface area contributed by atoms with Gasteiger partial charge in [0.15, 0.2) is 6.04 Å². The molecule has 0 saturated carbocycles. The van der Waals surface area contributed by atoms with Crippen LogP contribution in [0.1, 0.15) is 22.1 Å². The number of hydrogen-bond acceptors (Lipinski definition) is 5. The van der Waals surface area contributed by atoms with E-state index in [4.69, 9.17) is 5.11 Å². The topological polar surface area (TPSA) is 150 Å². The van der Waals surface area contributed by atoms with E-state index in [1.54, 1.807) is 7.05 Å². The lowest BCUT2D eigenvalue weighted by Crippen LogP contribution is -2.36. The highest BCUT2D eigenvalue weighted by molar-refractivity contribution is 5.95. The van der Waals surface area contributed by atoms with E-state index < -0.39 is 29.2 Å².